The second-order valence-corrected chi connectivity index (χ2v) is 5.22. The summed E-state index contributed by atoms with van der Waals surface area (Å²) in [4.78, 5) is 7.01. The first-order chi connectivity index (χ1) is 9.85. The molecule has 1 aliphatic heterocycles. The van der Waals surface area contributed by atoms with Crippen LogP contribution >= 0.6 is 0 Å². The summed E-state index contributed by atoms with van der Waals surface area (Å²) >= 11 is 0. The van der Waals surface area contributed by atoms with Gasteiger partial charge in [-0.3, -0.25) is 4.90 Å². The molecule has 1 aliphatic rings. The Balaban J connectivity index is 1.72. The summed E-state index contributed by atoms with van der Waals surface area (Å²) in [5.41, 5.74) is 3.15. The molecule has 0 radical (unpaired) electrons. The maximum atomic E-state index is 5.72. The van der Waals surface area contributed by atoms with Gasteiger partial charge in [-0.05, 0) is 24.2 Å². The van der Waals surface area contributed by atoms with E-state index in [0.29, 0.717) is 6.54 Å². The first-order valence-electron chi connectivity index (χ1n) is 7.37. The molecule has 2 N–H and O–H groups in total. The summed E-state index contributed by atoms with van der Waals surface area (Å²) < 4.78 is 5.72. The van der Waals surface area contributed by atoms with Gasteiger partial charge < -0.3 is 15.1 Å². The van der Waals surface area contributed by atoms with Crippen LogP contribution in [0.4, 0.5) is 0 Å². The van der Waals surface area contributed by atoms with E-state index in [-0.39, 0.29) is 0 Å². The van der Waals surface area contributed by atoms with E-state index in [4.69, 9.17) is 4.42 Å². The van der Waals surface area contributed by atoms with E-state index in [9.17, 15) is 0 Å². The minimum absolute atomic E-state index is 0.693. The summed E-state index contributed by atoms with van der Waals surface area (Å²) in [6.45, 7) is 9.08. The Morgan fingerprint density at radius 3 is 3.00 bits per heavy atom. The zero-order chi connectivity index (χ0) is 13.8. The molecule has 1 aromatic carbocycles. The van der Waals surface area contributed by atoms with Crippen LogP contribution in [0, 0.1) is 0 Å². The van der Waals surface area contributed by atoms with Crippen LogP contribution in [0.5, 0.6) is 0 Å². The normalized spacial score (nSPS) is 16.9. The Morgan fingerprint density at radius 2 is 2.20 bits per heavy atom. The SMILES string of the molecule is CCNCc1nc2cc(CN3CCNCC3)ccc2o1. The van der Waals surface area contributed by atoms with Gasteiger partial charge in [0.2, 0.25) is 5.89 Å². The molecule has 0 atom stereocenters. The van der Waals surface area contributed by atoms with Gasteiger partial charge in [0.15, 0.2) is 5.58 Å². The number of rotatable bonds is 5. The number of hydrogen-bond donors (Lipinski definition) is 2. The molecule has 1 saturated heterocycles. The number of fused-ring (bicyclic) bond motifs is 1. The Morgan fingerprint density at radius 1 is 1.35 bits per heavy atom. The van der Waals surface area contributed by atoms with Crippen molar-refractivity contribution in [2.24, 2.45) is 0 Å². The van der Waals surface area contributed by atoms with Gasteiger partial charge in [0.05, 0.1) is 6.54 Å². The molecule has 1 fully saturated rings. The van der Waals surface area contributed by atoms with E-state index in [1.165, 1.54) is 5.56 Å². The highest BCUT2D eigenvalue weighted by Gasteiger charge is 2.11. The fourth-order valence-electron chi connectivity index (χ4n) is 2.55. The van der Waals surface area contributed by atoms with Crippen molar-refractivity contribution in [2.75, 3.05) is 32.7 Å². The van der Waals surface area contributed by atoms with Crippen LogP contribution in [0.15, 0.2) is 22.6 Å². The molecule has 108 valence electrons. The summed E-state index contributed by atoms with van der Waals surface area (Å²) in [6, 6.07) is 6.33. The lowest BCUT2D eigenvalue weighted by Crippen LogP contribution is -2.42. The van der Waals surface area contributed by atoms with Gasteiger partial charge in [-0.25, -0.2) is 4.98 Å². The lowest BCUT2D eigenvalue weighted by atomic mass is 10.2. The van der Waals surface area contributed by atoms with E-state index >= 15 is 0 Å². The average Bonchev–Trinajstić information content (AvgIpc) is 2.88. The molecule has 2 heterocycles. The Kier molecular flexibility index (Phi) is 4.30. The van der Waals surface area contributed by atoms with Crippen molar-refractivity contribution in [1.29, 1.82) is 0 Å². The number of oxazole rings is 1. The van der Waals surface area contributed by atoms with Crippen molar-refractivity contribution >= 4 is 11.1 Å². The number of benzene rings is 1. The van der Waals surface area contributed by atoms with Crippen LogP contribution in [0.25, 0.3) is 11.1 Å². The van der Waals surface area contributed by atoms with Crippen molar-refractivity contribution in [2.45, 2.75) is 20.0 Å². The van der Waals surface area contributed by atoms with E-state index in [1.54, 1.807) is 0 Å². The quantitative estimate of drug-likeness (QED) is 0.862. The minimum atomic E-state index is 0.693. The van der Waals surface area contributed by atoms with Crippen LogP contribution in [-0.2, 0) is 13.1 Å². The van der Waals surface area contributed by atoms with Crippen LogP contribution in [0.1, 0.15) is 18.4 Å². The molecule has 0 spiro atoms. The van der Waals surface area contributed by atoms with Crippen LogP contribution < -0.4 is 10.6 Å². The van der Waals surface area contributed by atoms with Crippen molar-refractivity contribution in [3.05, 3.63) is 29.7 Å². The zero-order valence-corrected chi connectivity index (χ0v) is 12.0. The lowest BCUT2D eigenvalue weighted by molar-refractivity contribution is 0.233. The molecule has 0 saturated carbocycles. The third-order valence-corrected chi connectivity index (χ3v) is 3.64. The average molecular weight is 274 g/mol. The van der Waals surface area contributed by atoms with Crippen molar-refractivity contribution < 1.29 is 4.42 Å². The first kappa shape index (κ1) is 13.5. The maximum Gasteiger partial charge on any atom is 0.209 e. The van der Waals surface area contributed by atoms with Gasteiger partial charge >= 0.3 is 0 Å². The van der Waals surface area contributed by atoms with Gasteiger partial charge in [-0.15, -0.1) is 0 Å². The summed E-state index contributed by atoms with van der Waals surface area (Å²) in [7, 11) is 0. The highest BCUT2D eigenvalue weighted by molar-refractivity contribution is 5.73. The molecular weight excluding hydrogens is 252 g/mol. The smallest absolute Gasteiger partial charge is 0.209 e. The van der Waals surface area contributed by atoms with Crippen LogP contribution in [0.3, 0.4) is 0 Å². The molecule has 0 bridgehead atoms. The number of nitrogens with one attached hydrogen (secondary N) is 2. The number of piperazine rings is 1. The van der Waals surface area contributed by atoms with Gasteiger partial charge in [0.25, 0.3) is 0 Å². The fraction of sp³-hybridized carbons (Fsp3) is 0.533. The standard InChI is InChI=1S/C15H22N4O/c1-2-16-10-15-18-13-9-12(3-4-14(13)20-15)11-19-7-5-17-6-8-19/h3-4,9,16-17H,2,5-8,10-11H2,1H3. The third kappa shape index (κ3) is 3.17. The summed E-state index contributed by atoms with van der Waals surface area (Å²) in [6.07, 6.45) is 0. The first-order valence-corrected chi connectivity index (χ1v) is 7.37. The molecule has 5 nitrogen and oxygen atoms in total. The number of hydrogen-bond acceptors (Lipinski definition) is 5. The van der Waals surface area contributed by atoms with E-state index in [0.717, 1.165) is 56.3 Å². The van der Waals surface area contributed by atoms with E-state index < -0.39 is 0 Å². The maximum absolute atomic E-state index is 5.72. The predicted molar refractivity (Wildman–Crippen MR) is 79.5 cm³/mol. The van der Waals surface area contributed by atoms with E-state index in [2.05, 4.69) is 39.6 Å². The Labute approximate surface area is 119 Å². The second-order valence-electron chi connectivity index (χ2n) is 5.22. The fourth-order valence-corrected chi connectivity index (χ4v) is 2.55. The molecular formula is C15H22N4O. The van der Waals surface area contributed by atoms with Gasteiger partial charge in [0.1, 0.15) is 5.52 Å². The van der Waals surface area contributed by atoms with Gasteiger partial charge in [0, 0.05) is 32.7 Å². The second kappa shape index (κ2) is 6.35. The third-order valence-electron chi connectivity index (χ3n) is 3.64. The topological polar surface area (TPSA) is 53.3 Å². The molecule has 5 heteroatoms. The molecule has 2 aromatic rings. The Hall–Kier alpha value is -1.43. The molecule has 0 amide bonds. The number of aromatic nitrogens is 1. The molecule has 0 aliphatic carbocycles. The lowest BCUT2D eigenvalue weighted by Gasteiger charge is -2.27. The minimum Gasteiger partial charge on any atom is -0.439 e. The van der Waals surface area contributed by atoms with Gasteiger partial charge in [-0.2, -0.15) is 0 Å². The molecule has 3 rings (SSSR count). The Bertz CT molecular complexity index is 560. The molecule has 0 unspecified atom stereocenters. The monoisotopic (exact) mass is 274 g/mol. The largest absolute Gasteiger partial charge is 0.439 e. The van der Waals surface area contributed by atoms with Crippen molar-refractivity contribution in [3.8, 4) is 0 Å². The summed E-state index contributed by atoms with van der Waals surface area (Å²) in [5.74, 6) is 0.765. The highest BCUT2D eigenvalue weighted by Crippen LogP contribution is 2.18. The van der Waals surface area contributed by atoms with E-state index in [1.807, 2.05) is 6.07 Å². The summed E-state index contributed by atoms with van der Waals surface area (Å²) in [5, 5.41) is 6.61. The van der Waals surface area contributed by atoms with Crippen LogP contribution in [0.2, 0.25) is 0 Å². The molecule has 1 aromatic heterocycles. The highest BCUT2D eigenvalue weighted by atomic mass is 16.3. The van der Waals surface area contributed by atoms with Crippen LogP contribution in [-0.4, -0.2) is 42.6 Å². The number of nitrogens with zero attached hydrogens (tertiary/aromatic N) is 2. The van der Waals surface area contributed by atoms with Crippen molar-refractivity contribution in [3.63, 3.8) is 0 Å². The predicted octanol–water partition coefficient (Wildman–Crippen LogP) is 1.34. The molecule has 20 heavy (non-hydrogen) atoms. The van der Waals surface area contributed by atoms with Gasteiger partial charge in [-0.1, -0.05) is 13.0 Å². The van der Waals surface area contributed by atoms with Crippen molar-refractivity contribution in [1.82, 2.24) is 20.5 Å². The zero-order valence-electron chi connectivity index (χ0n) is 12.0.